The molecule has 0 radical (unpaired) electrons. The van der Waals surface area contributed by atoms with Crippen molar-refractivity contribution in [3.8, 4) is 11.1 Å². The van der Waals surface area contributed by atoms with Crippen LogP contribution >= 0.6 is 11.6 Å². The quantitative estimate of drug-likeness (QED) is 0.479. The van der Waals surface area contributed by atoms with E-state index in [9.17, 15) is 18.0 Å². The van der Waals surface area contributed by atoms with Crippen LogP contribution in [-0.4, -0.2) is 42.0 Å². The zero-order valence-electron chi connectivity index (χ0n) is 18.5. The smallest absolute Gasteiger partial charge is 0.475 e. The third-order valence-electron chi connectivity index (χ3n) is 5.81. The van der Waals surface area contributed by atoms with Gasteiger partial charge in [0.05, 0.1) is 12.3 Å². The monoisotopic (exact) mass is 498 g/mol. The lowest BCUT2D eigenvalue weighted by molar-refractivity contribution is -0.192. The molecule has 2 unspecified atom stereocenters. The molecule has 2 atom stereocenters. The minimum absolute atomic E-state index is 0.395. The molecule has 0 aliphatic carbocycles. The van der Waals surface area contributed by atoms with Crippen molar-refractivity contribution in [2.75, 3.05) is 11.9 Å². The first-order valence-electron chi connectivity index (χ1n) is 10.9. The molecule has 2 heterocycles. The lowest BCUT2D eigenvalue weighted by Crippen LogP contribution is -2.39. The van der Waals surface area contributed by atoms with Crippen LogP contribution in [0.2, 0.25) is 5.02 Å². The lowest BCUT2D eigenvalue weighted by Gasteiger charge is -2.28. The van der Waals surface area contributed by atoms with Crippen LogP contribution in [0, 0.1) is 12.8 Å². The van der Waals surface area contributed by atoms with Gasteiger partial charge in [0.2, 0.25) is 0 Å². The van der Waals surface area contributed by atoms with Crippen molar-refractivity contribution in [1.82, 2.24) is 5.32 Å². The number of carboxylic acids is 1. The average molecular weight is 499 g/mol. The van der Waals surface area contributed by atoms with E-state index >= 15 is 0 Å². The first kappa shape index (κ1) is 25.8. The summed E-state index contributed by atoms with van der Waals surface area (Å²) in [6, 6.07) is 14.8. The van der Waals surface area contributed by atoms with Crippen molar-refractivity contribution >= 4 is 29.4 Å². The van der Waals surface area contributed by atoms with Gasteiger partial charge in [-0.2, -0.15) is 13.2 Å². The number of carbonyl (C=O) groups is 2. The van der Waals surface area contributed by atoms with Crippen LogP contribution in [0.5, 0.6) is 0 Å². The molecule has 184 valence electrons. The van der Waals surface area contributed by atoms with Crippen molar-refractivity contribution in [1.29, 1.82) is 0 Å². The Hall–Kier alpha value is -2.78. The Kier molecular flexibility index (Phi) is 8.43. The molecule has 2 aromatic carbocycles. The number of anilines is 1. The summed E-state index contributed by atoms with van der Waals surface area (Å²) < 4.78 is 37.3. The Labute approximate surface area is 200 Å². The number of aliphatic carboxylic acids is 1. The number of piperidine rings is 1. The van der Waals surface area contributed by atoms with E-state index in [1.54, 1.807) is 0 Å². The highest BCUT2D eigenvalue weighted by Gasteiger charge is 2.38. The molecule has 1 amide bonds. The first-order chi connectivity index (χ1) is 16.0. The summed E-state index contributed by atoms with van der Waals surface area (Å²) in [6.07, 6.45) is -0.781. The average Bonchev–Trinajstić information content (AvgIpc) is 3.11. The van der Waals surface area contributed by atoms with E-state index < -0.39 is 18.2 Å². The summed E-state index contributed by atoms with van der Waals surface area (Å²) in [5, 5.41) is 14.3. The minimum atomic E-state index is -5.08. The third-order valence-corrected chi connectivity index (χ3v) is 6.05. The Morgan fingerprint density at radius 1 is 1.15 bits per heavy atom. The number of benzene rings is 2. The Morgan fingerprint density at radius 3 is 2.38 bits per heavy atom. The zero-order chi connectivity index (χ0) is 24.9. The van der Waals surface area contributed by atoms with Crippen molar-refractivity contribution in [3.05, 3.63) is 53.1 Å². The summed E-state index contributed by atoms with van der Waals surface area (Å²) in [5.74, 6) is -2.30. The molecule has 0 saturated carbocycles. The first-order valence-corrected chi connectivity index (χ1v) is 11.3. The highest BCUT2D eigenvalue weighted by atomic mass is 35.5. The summed E-state index contributed by atoms with van der Waals surface area (Å²) in [4.78, 5) is 21.3. The Morgan fingerprint density at radius 2 is 1.79 bits per heavy atom. The number of alkyl halides is 3. The van der Waals surface area contributed by atoms with Gasteiger partial charge in [0, 0.05) is 22.7 Å². The second-order valence-corrected chi connectivity index (χ2v) is 9.00. The lowest BCUT2D eigenvalue weighted by atomic mass is 9.93. The molecule has 2 aliphatic rings. The van der Waals surface area contributed by atoms with Gasteiger partial charge in [0.25, 0.3) is 0 Å². The van der Waals surface area contributed by atoms with Crippen molar-refractivity contribution in [2.45, 2.75) is 50.9 Å². The molecule has 0 spiro atoms. The van der Waals surface area contributed by atoms with Gasteiger partial charge in [-0.05, 0) is 68.4 Å². The minimum Gasteiger partial charge on any atom is -0.475 e. The van der Waals surface area contributed by atoms with Crippen LogP contribution in [0.3, 0.4) is 0 Å². The number of hydrogen-bond acceptors (Lipinski definition) is 4. The van der Waals surface area contributed by atoms with Gasteiger partial charge < -0.3 is 15.2 Å². The summed E-state index contributed by atoms with van der Waals surface area (Å²) in [6.45, 7) is 2.51. The van der Waals surface area contributed by atoms with E-state index in [1.807, 2.05) is 49.4 Å². The van der Waals surface area contributed by atoms with Gasteiger partial charge in [-0.15, -0.1) is 0 Å². The van der Waals surface area contributed by atoms with E-state index in [4.69, 9.17) is 26.2 Å². The normalized spacial score (nSPS) is 21.3. The van der Waals surface area contributed by atoms with Gasteiger partial charge in [-0.3, -0.25) is 5.32 Å². The fourth-order valence-corrected chi connectivity index (χ4v) is 4.50. The zero-order valence-corrected chi connectivity index (χ0v) is 19.2. The number of amides is 1. The fourth-order valence-electron chi connectivity index (χ4n) is 4.31. The predicted molar refractivity (Wildman–Crippen MR) is 123 cm³/mol. The number of fused-ring (bicyclic) bond motifs is 2. The van der Waals surface area contributed by atoms with Crippen molar-refractivity contribution in [3.63, 3.8) is 0 Å². The number of carbonyl (C=O) groups excluding carboxylic acids is 1. The van der Waals surface area contributed by atoms with Crippen LogP contribution in [0.4, 0.5) is 23.7 Å². The number of halogens is 4. The van der Waals surface area contributed by atoms with Gasteiger partial charge in [-0.1, -0.05) is 35.4 Å². The predicted octanol–water partition coefficient (Wildman–Crippen LogP) is 6.03. The van der Waals surface area contributed by atoms with E-state index in [2.05, 4.69) is 10.6 Å². The molecule has 0 aromatic heterocycles. The molecule has 4 rings (SSSR count). The third kappa shape index (κ3) is 7.36. The molecule has 3 N–H and O–H groups in total. The molecule has 2 aromatic rings. The topological polar surface area (TPSA) is 87.7 Å². The Bertz CT molecular complexity index is 1020. The van der Waals surface area contributed by atoms with Crippen LogP contribution in [-0.2, 0) is 9.53 Å². The molecular weight excluding hydrogens is 473 g/mol. The van der Waals surface area contributed by atoms with E-state index in [1.165, 1.54) is 12.8 Å². The molecule has 34 heavy (non-hydrogen) atoms. The Balaban J connectivity index is 0.000000406. The van der Waals surface area contributed by atoms with Crippen LogP contribution < -0.4 is 10.6 Å². The van der Waals surface area contributed by atoms with Gasteiger partial charge >= 0.3 is 18.2 Å². The van der Waals surface area contributed by atoms with Gasteiger partial charge in [0.1, 0.15) is 0 Å². The number of ether oxygens (including phenoxy) is 1. The maximum atomic E-state index is 12.4. The van der Waals surface area contributed by atoms with Crippen LogP contribution in [0.25, 0.3) is 11.1 Å². The number of hydrogen-bond donors (Lipinski definition) is 3. The maximum absolute atomic E-state index is 12.4. The van der Waals surface area contributed by atoms with Gasteiger partial charge in [-0.25, -0.2) is 9.59 Å². The van der Waals surface area contributed by atoms with E-state index in [0.29, 0.717) is 29.6 Å². The number of carboxylic acid groups (broad SMARTS) is 1. The molecule has 2 aliphatic heterocycles. The van der Waals surface area contributed by atoms with Crippen molar-refractivity contribution < 1.29 is 32.6 Å². The van der Waals surface area contributed by atoms with E-state index in [-0.39, 0.29) is 0 Å². The summed E-state index contributed by atoms with van der Waals surface area (Å²) >= 11 is 6.14. The van der Waals surface area contributed by atoms with E-state index in [0.717, 1.165) is 35.2 Å². The summed E-state index contributed by atoms with van der Waals surface area (Å²) in [5.41, 5.74) is 3.76. The molecule has 10 heteroatoms. The molecular formula is C24H26ClF3N2O4. The van der Waals surface area contributed by atoms with Crippen LogP contribution in [0.15, 0.2) is 42.5 Å². The number of aryl methyl sites for hydroxylation is 1. The second kappa shape index (κ2) is 11.1. The van der Waals surface area contributed by atoms with Gasteiger partial charge in [0.15, 0.2) is 0 Å². The number of nitrogens with one attached hydrogen (secondary N) is 2. The molecule has 6 nitrogen and oxygen atoms in total. The highest BCUT2D eigenvalue weighted by molar-refractivity contribution is 6.30. The largest absolute Gasteiger partial charge is 0.490 e. The molecule has 2 bridgehead atoms. The standard InChI is InChI=1S/C22H25ClN2O2.C2HF3O2/c1-14-5-8-21(20(9-14)16-3-2-4-17(23)12-16)25-22(26)27-13-15-10-18-6-7-19(11-15)24-18;3-2(4,5)1(6)7/h2-5,8-9,12,15,18-19,24H,6-7,10-11,13H2,1H3,(H,25,26);(H,6,7). The van der Waals surface area contributed by atoms with Crippen molar-refractivity contribution in [2.24, 2.45) is 5.92 Å². The molecule has 2 saturated heterocycles. The molecule has 2 fully saturated rings. The SMILES string of the molecule is Cc1ccc(NC(=O)OCC2CC3CCC(C2)N3)c(-c2cccc(Cl)c2)c1.O=C(O)C(F)(F)F. The maximum Gasteiger partial charge on any atom is 0.490 e. The number of rotatable bonds is 4. The highest BCUT2D eigenvalue weighted by Crippen LogP contribution is 2.32. The fraction of sp³-hybridized carbons (Fsp3) is 0.417. The second-order valence-electron chi connectivity index (χ2n) is 8.56. The summed E-state index contributed by atoms with van der Waals surface area (Å²) in [7, 11) is 0. The van der Waals surface area contributed by atoms with Crippen LogP contribution in [0.1, 0.15) is 31.2 Å².